The van der Waals surface area contributed by atoms with E-state index < -0.39 is 5.79 Å². The van der Waals surface area contributed by atoms with Crippen molar-refractivity contribution in [1.82, 2.24) is 0 Å². The molecule has 1 aliphatic heterocycles. The van der Waals surface area contributed by atoms with Crippen molar-refractivity contribution in [3.8, 4) is 0 Å². The number of fused-ring (bicyclic) bond motifs is 1. The lowest BCUT2D eigenvalue weighted by molar-refractivity contribution is -0.00959. The second-order valence-electron chi connectivity index (χ2n) is 4.57. The number of unbranched alkanes of at least 4 members (excludes halogenated alkanes) is 2. The highest BCUT2D eigenvalue weighted by Gasteiger charge is 2.56. The van der Waals surface area contributed by atoms with Gasteiger partial charge in [-0.15, -0.1) is 0 Å². The molecule has 2 rings (SSSR count). The molecule has 17 heavy (non-hydrogen) atoms. The third kappa shape index (κ3) is 3.11. The zero-order chi connectivity index (χ0) is 12.1. The Balaban J connectivity index is 1.75. The van der Waals surface area contributed by atoms with E-state index in [0.717, 1.165) is 44.7 Å². The third-order valence-corrected chi connectivity index (χ3v) is 3.04. The van der Waals surface area contributed by atoms with E-state index in [-0.39, 0.29) is 6.10 Å². The highest BCUT2D eigenvalue weighted by molar-refractivity contribution is 5.31. The molecule has 2 atom stereocenters. The monoisotopic (exact) mass is 238 g/mol. The number of ether oxygens (including phenoxy) is 3. The quantitative estimate of drug-likeness (QED) is 0.481. The number of hydrogen-bond donors (Lipinski definition) is 0. The van der Waals surface area contributed by atoms with Crippen LogP contribution in [0.25, 0.3) is 0 Å². The summed E-state index contributed by atoms with van der Waals surface area (Å²) in [5, 5.41) is 0. The van der Waals surface area contributed by atoms with Crippen LogP contribution in [0.2, 0.25) is 0 Å². The smallest absolute Gasteiger partial charge is 0.220 e. The van der Waals surface area contributed by atoms with Gasteiger partial charge in [0.2, 0.25) is 5.79 Å². The van der Waals surface area contributed by atoms with Gasteiger partial charge in [-0.3, -0.25) is 0 Å². The summed E-state index contributed by atoms with van der Waals surface area (Å²) in [6, 6.07) is 0. The minimum Gasteiger partial charge on any atom is -0.494 e. The minimum atomic E-state index is -0.465. The summed E-state index contributed by atoms with van der Waals surface area (Å²) < 4.78 is 17.0. The molecule has 3 heteroatoms. The topological polar surface area (TPSA) is 31.0 Å². The molecule has 1 saturated heterocycles. The molecular formula is C14H22O3. The molecule has 1 fully saturated rings. The lowest BCUT2D eigenvalue weighted by Gasteiger charge is -2.13. The summed E-state index contributed by atoms with van der Waals surface area (Å²) >= 11 is 0. The van der Waals surface area contributed by atoms with Crippen LogP contribution >= 0.6 is 0 Å². The average Bonchev–Trinajstić information content (AvgIpc) is 3.04. The number of hydrogen-bond acceptors (Lipinski definition) is 3. The molecule has 3 nitrogen and oxygen atoms in total. The van der Waals surface area contributed by atoms with Gasteiger partial charge in [0.1, 0.15) is 11.9 Å². The van der Waals surface area contributed by atoms with E-state index in [1.54, 1.807) is 0 Å². The predicted molar refractivity (Wildman–Crippen MR) is 66.5 cm³/mol. The highest BCUT2D eigenvalue weighted by Crippen LogP contribution is 2.43. The first kappa shape index (κ1) is 12.7. The molecule has 0 spiro atoms. The molecule has 0 bridgehead atoms. The van der Waals surface area contributed by atoms with Crippen LogP contribution in [0.1, 0.15) is 39.5 Å². The molecule has 1 aliphatic carbocycles. The number of rotatable bonds is 8. The van der Waals surface area contributed by atoms with Crippen molar-refractivity contribution in [1.29, 1.82) is 0 Å². The van der Waals surface area contributed by atoms with Crippen molar-refractivity contribution in [3.63, 3.8) is 0 Å². The van der Waals surface area contributed by atoms with E-state index in [0.29, 0.717) is 0 Å². The Morgan fingerprint density at radius 3 is 2.71 bits per heavy atom. The van der Waals surface area contributed by atoms with Gasteiger partial charge in [0.15, 0.2) is 0 Å². The Bertz CT molecular complexity index is 309. The van der Waals surface area contributed by atoms with Crippen LogP contribution in [0, 0.1) is 0 Å². The van der Waals surface area contributed by atoms with Crippen LogP contribution in [-0.4, -0.2) is 25.1 Å². The van der Waals surface area contributed by atoms with Gasteiger partial charge in [0, 0.05) is 0 Å². The number of epoxide rings is 1. The molecular weight excluding hydrogens is 216 g/mol. The van der Waals surface area contributed by atoms with Crippen molar-refractivity contribution in [3.05, 3.63) is 24.0 Å². The Labute approximate surface area is 103 Å². The summed E-state index contributed by atoms with van der Waals surface area (Å²) in [7, 11) is 0. The van der Waals surface area contributed by atoms with Gasteiger partial charge in [0.25, 0.3) is 0 Å². The molecule has 2 aliphatic rings. The van der Waals surface area contributed by atoms with Gasteiger partial charge < -0.3 is 14.2 Å². The summed E-state index contributed by atoms with van der Waals surface area (Å²) in [4.78, 5) is 0. The van der Waals surface area contributed by atoms with Crippen molar-refractivity contribution in [2.75, 3.05) is 13.2 Å². The molecule has 0 amide bonds. The molecule has 96 valence electrons. The molecule has 0 saturated carbocycles. The summed E-state index contributed by atoms with van der Waals surface area (Å²) in [5.41, 5.74) is 0. The molecule has 1 heterocycles. The molecule has 0 aromatic carbocycles. The first-order chi connectivity index (χ1) is 8.30. The first-order valence-electron chi connectivity index (χ1n) is 6.66. The lowest BCUT2D eigenvalue weighted by atomic mass is 10.1. The SMILES string of the molecule is CCCCOC1=CC2OC2(OCCCC)C=C1. The van der Waals surface area contributed by atoms with Gasteiger partial charge >= 0.3 is 0 Å². The maximum atomic E-state index is 5.75. The molecule has 2 unspecified atom stereocenters. The van der Waals surface area contributed by atoms with E-state index in [4.69, 9.17) is 14.2 Å². The second kappa shape index (κ2) is 5.69. The zero-order valence-electron chi connectivity index (χ0n) is 10.8. The van der Waals surface area contributed by atoms with E-state index >= 15 is 0 Å². The fourth-order valence-electron chi connectivity index (χ4n) is 1.82. The van der Waals surface area contributed by atoms with Crippen molar-refractivity contribution >= 4 is 0 Å². The lowest BCUT2D eigenvalue weighted by Crippen LogP contribution is -2.19. The van der Waals surface area contributed by atoms with Crippen LogP contribution in [-0.2, 0) is 14.2 Å². The van der Waals surface area contributed by atoms with E-state index in [2.05, 4.69) is 13.8 Å². The fraction of sp³-hybridized carbons (Fsp3) is 0.714. The van der Waals surface area contributed by atoms with Gasteiger partial charge in [0.05, 0.1) is 13.2 Å². The third-order valence-electron chi connectivity index (χ3n) is 3.04. The fourth-order valence-corrected chi connectivity index (χ4v) is 1.82. The maximum Gasteiger partial charge on any atom is 0.220 e. The van der Waals surface area contributed by atoms with Gasteiger partial charge in [-0.25, -0.2) is 0 Å². The van der Waals surface area contributed by atoms with Crippen LogP contribution < -0.4 is 0 Å². The van der Waals surface area contributed by atoms with Gasteiger partial charge in [-0.2, -0.15) is 0 Å². The van der Waals surface area contributed by atoms with E-state index in [1.807, 2.05) is 18.2 Å². The largest absolute Gasteiger partial charge is 0.494 e. The van der Waals surface area contributed by atoms with Crippen LogP contribution in [0.5, 0.6) is 0 Å². The Morgan fingerprint density at radius 2 is 2.00 bits per heavy atom. The second-order valence-corrected chi connectivity index (χ2v) is 4.57. The predicted octanol–water partition coefficient (Wildman–Crippen LogP) is 3.17. The maximum absolute atomic E-state index is 5.75. The van der Waals surface area contributed by atoms with Crippen molar-refractivity contribution in [2.24, 2.45) is 0 Å². The normalized spacial score (nSPS) is 29.8. The van der Waals surface area contributed by atoms with E-state index in [9.17, 15) is 0 Å². The standard InChI is InChI=1S/C14H22O3/c1-3-5-9-15-12-7-8-14(13(11-12)17-14)16-10-6-4-2/h7-8,11,13H,3-6,9-10H2,1-2H3. The zero-order valence-corrected chi connectivity index (χ0v) is 10.8. The van der Waals surface area contributed by atoms with E-state index in [1.165, 1.54) is 0 Å². The Morgan fingerprint density at radius 1 is 1.24 bits per heavy atom. The molecule has 0 N–H and O–H groups in total. The van der Waals surface area contributed by atoms with Gasteiger partial charge in [-0.05, 0) is 31.1 Å². The van der Waals surface area contributed by atoms with Gasteiger partial charge in [-0.1, -0.05) is 26.7 Å². The summed E-state index contributed by atoms with van der Waals surface area (Å²) in [6.07, 6.45) is 10.5. The average molecular weight is 238 g/mol. The molecule has 0 aromatic rings. The van der Waals surface area contributed by atoms with Crippen LogP contribution in [0.15, 0.2) is 24.0 Å². The minimum absolute atomic E-state index is 0.0565. The summed E-state index contributed by atoms with van der Waals surface area (Å²) in [6.45, 7) is 5.86. The van der Waals surface area contributed by atoms with Crippen molar-refractivity contribution in [2.45, 2.75) is 51.4 Å². The highest BCUT2D eigenvalue weighted by atomic mass is 16.8. The summed E-state index contributed by atoms with van der Waals surface area (Å²) in [5.74, 6) is 0.447. The van der Waals surface area contributed by atoms with Crippen LogP contribution in [0.3, 0.4) is 0 Å². The Hall–Kier alpha value is -0.800. The number of allylic oxidation sites excluding steroid dienone is 1. The first-order valence-corrected chi connectivity index (χ1v) is 6.66. The molecule has 0 radical (unpaired) electrons. The molecule has 0 aromatic heterocycles. The van der Waals surface area contributed by atoms with Crippen LogP contribution in [0.4, 0.5) is 0 Å². The van der Waals surface area contributed by atoms with Crippen molar-refractivity contribution < 1.29 is 14.2 Å². The Kier molecular flexibility index (Phi) is 4.24.